The molecule has 5 rings (SSSR count). The maximum atomic E-state index is 13.0. The quantitative estimate of drug-likeness (QED) is 0.234. The van der Waals surface area contributed by atoms with Crippen molar-refractivity contribution >= 4 is 57.2 Å². The van der Waals surface area contributed by atoms with Crippen LogP contribution >= 0.6 is 23.2 Å². The Morgan fingerprint density at radius 1 is 1.07 bits per heavy atom. The van der Waals surface area contributed by atoms with E-state index in [1.165, 1.54) is 0 Å². The first-order valence-corrected chi connectivity index (χ1v) is 14.9. The van der Waals surface area contributed by atoms with Gasteiger partial charge in [0.1, 0.15) is 12.2 Å². The number of fused-ring (bicyclic) bond motifs is 2. The van der Waals surface area contributed by atoms with Crippen LogP contribution in [0.25, 0.3) is 11.2 Å². The summed E-state index contributed by atoms with van der Waals surface area (Å²) in [5.74, 6) is -1.18. The van der Waals surface area contributed by atoms with Crippen LogP contribution in [-0.2, 0) is 28.6 Å². The lowest BCUT2D eigenvalue weighted by Gasteiger charge is -2.24. The predicted octanol–water partition coefficient (Wildman–Crippen LogP) is 3.85. The summed E-state index contributed by atoms with van der Waals surface area (Å²) >= 11 is 11.4. The highest BCUT2D eigenvalue weighted by Crippen LogP contribution is 2.44. The number of imidazole rings is 1. The van der Waals surface area contributed by atoms with Crippen LogP contribution in [0.1, 0.15) is 80.4 Å². The number of nitrogens with zero attached hydrogens (tertiary/aromatic N) is 4. The third kappa shape index (κ3) is 7.31. The average molecular weight is 629 g/mol. The van der Waals surface area contributed by atoms with Gasteiger partial charge >= 0.3 is 0 Å². The Kier molecular flexibility index (Phi) is 9.68. The van der Waals surface area contributed by atoms with Crippen LogP contribution in [0, 0.1) is 11.3 Å². The number of hydrogen-bond acceptors (Lipinski definition) is 10. The second-order valence-corrected chi connectivity index (χ2v) is 12.8. The molecule has 232 valence electrons. The second kappa shape index (κ2) is 12.6. The average Bonchev–Trinajstić information content (AvgIpc) is 3.50. The number of hydrazine groups is 1. The standard InChI is InChI=1S/C22H30ClN7O5.C5H9ClO/c1-5-11(6-2)25-16-12-17(27-21(23)26-16)30(9-24-12)20-15-13(34-22(3,4)35-15)14(33-20)19(32)29-28-18(31)10-7-8-10;1-5(2,3)4(6)7/h9-11,13-15,20H,5-8H2,1-4H3,(H,28,31)(H,29,32)(H,25,26,27);1-3H3/t13-,14+,15-,20-;/m1./s1. The number of ether oxygens (including phenoxy) is 3. The molecule has 0 spiro atoms. The van der Waals surface area contributed by atoms with Gasteiger partial charge in [0, 0.05) is 17.4 Å². The van der Waals surface area contributed by atoms with E-state index in [9.17, 15) is 14.4 Å². The van der Waals surface area contributed by atoms with E-state index < -0.39 is 36.2 Å². The van der Waals surface area contributed by atoms with Crippen molar-refractivity contribution in [2.45, 2.75) is 111 Å². The van der Waals surface area contributed by atoms with Crippen molar-refractivity contribution in [1.82, 2.24) is 30.4 Å². The minimum Gasteiger partial charge on any atom is -0.365 e. The molecule has 2 aromatic heterocycles. The summed E-state index contributed by atoms with van der Waals surface area (Å²) in [4.78, 5) is 48.4. The number of halogens is 2. The fourth-order valence-electron chi connectivity index (χ4n) is 4.52. The Morgan fingerprint density at radius 3 is 2.24 bits per heavy atom. The van der Waals surface area contributed by atoms with Gasteiger partial charge in [0.2, 0.25) is 16.4 Å². The fraction of sp³-hybridized carbons (Fsp3) is 0.704. The third-order valence-electron chi connectivity index (χ3n) is 7.13. The first kappa shape index (κ1) is 32.3. The summed E-state index contributed by atoms with van der Waals surface area (Å²) in [5.41, 5.74) is 5.53. The molecule has 3 fully saturated rings. The molecule has 2 amide bonds. The number of nitrogens with one attached hydrogen (secondary N) is 3. The molecule has 2 aliphatic heterocycles. The summed E-state index contributed by atoms with van der Waals surface area (Å²) in [6, 6.07) is 0.202. The van der Waals surface area contributed by atoms with Gasteiger partial charge in [-0.15, -0.1) is 0 Å². The summed E-state index contributed by atoms with van der Waals surface area (Å²) in [7, 11) is 0. The summed E-state index contributed by atoms with van der Waals surface area (Å²) < 4.78 is 19.9. The summed E-state index contributed by atoms with van der Waals surface area (Å²) in [6.45, 7) is 13.1. The molecular formula is C27H39Cl2N7O6. The van der Waals surface area contributed by atoms with E-state index in [1.54, 1.807) is 45.5 Å². The lowest BCUT2D eigenvalue weighted by molar-refractivity contribution is -0.197. The maximum absolute atomic E-state index is 13.0. The Bertz CT molecular complexity index is 1320. The van der Waals surface area contributed by atoms with Gasteiger partial charge in [-0.1, -0.05) is 34.6 Å². The molecule has 2 saturated heterocycles. The van der Waals surface area contributed by atoms with E-state index in [4.69, 9.17) is 37.4 Å². The smallest absolute Gasteiger partial charge is 0.270 e. The Balaban J connectivity index is 0.000000517. The fourth-order valence-corrected chi connectivity index (χ4v) is 4.68. The van der Waals surface area contributed by atoms with Gasteiger partial charge in [-0.3, -0.25) is 29.8 Å². The predicted molar refractivity (Wildman–Crippen MR) is 155 cm³/mol. The number of aromatic nitrogens is 4. The van der Waals surface area contributed by atoms with Crippen LogP contribution < -0.4 is 16.2 Å². The molecule has 0 bridgehead atoms. The van der Waals surface area contributed by atoms with Crippen LogP contribution in [0.2, 0.25) is 5.28 Å². The van der Waals surface area contributed by atoms with Crippen LogP contribution in [-0.4, -0.2) is 66.7 Å². The topological polar surface area (TPSA) is 159 Å². The Hall–Kier alpha value is -2.58. The van der Waals surface area contributed by atoms with E-state index in [1.807, 2.05) is 0 Å². The molecule has 0 unspecified atom stereocenters. The van der Waals surface area contributed by atoms with Crippen molar-refractivity contribution in [3.63, 3.8) is 0 Å². The molecule has 0 aromatic carbocycles. The molecular weight excluding hydrogens is 589 g/mol. The maximum Gasteiger partial charge on any atom is 0.270 e. The molecule has 15 heteroatoms. The van der Waals surface area contributed by atoms with Gasteiger partial charge in [0.15, 0.2) is 35.1 Å². The van der Waals surface area contributed by atoms with Gasteiger partial charge in [-0.05, 0) is 62.7 Å². The van der Waals surface area contributed by atoms with Crippen molar-refractivity contribution in [1.29, 1.82) is 0 Å². The normalized spacial score (nSPS) is 24.6. The first-order chi connectivity index (χ1) is 19.6. The second-order valence-electron chi connectivity index (χ2n) is 12.1. The number of carbonyl (C=O) groups excluding carboxylic acids is 3. The zero-order valence-corrected chi connectivity index (χ0v) is 26.4. The molecule has 13 nitrogen and oxygen atoms in total. The van der Waals surface area contributed by atoms with Crippen LogP contribution in [0.4, 0.5) is 5.82 Å². The summed E-state index contributed by atoms with van der Waals surface area (Å²) in [6.07, 6.45) is 1.91. The van der Waals surface area contributed by atoms with E-state index in [0.717, 1.165) is 25.7 Å². The number of amides is 2. The van der Waals surface area contributed by atoms with E-state index in [2.05, 4.69) is 45.0 Å². The molecule has 3 aliphatic rings. The minimum absolute atomic E-state index is 0.0464. The largest absolute Gasteiger partial charge is 0.365 e. The zero-order chi connectivity index (χ0) is 31.0. The molecule has 4 atom stereocenters. The molecule has 0 radical (unpaired) electrons. The number of carbonyl (C=O) groups is 3. The van der Waals surface area contributed by atoms with E-state index >= 15 is 0 Å². The Labute approximate surface area is 254 Å². The zero-order valence-electron chi connectivity index (χ0n) is 24.9. The van der Waals surface area contributed by atoms with Crippen molar-refractivity contribution in [2.75, 3.05) is 5.32 Å². The highest BCUT2D eigenvalue weighted by molar-refractivity contribution is 6.64. The van der Waals surface area contributed by atoms with Crippen LogP contribution in [0.5, 0.6) is 0 Å². The van der Waals surface area contributed by atoms with Crippen molar-refractivity contribution in [2.24, 2.45) is 11.3 Å². The SMILES string of the molecule is CC(C)(C)C(=O)Cl.CCC(CC)Nc1nc(Cl)nc2c1ncn2[C@@H]1O[C@H](C(=O)NNC(=O)C2CC2)[C@H]2OC(C)(C)O[C@H]21. The highest BCUT2D eigenvalue weighted by Gasteiger charge is 2.58. The van der Waals surface area contributed by atoms with Gasteiger partial charge in [0.25, 0.3) is 5.91 Å². The number of rotatable bonds is 7. The molecule has 42 heavy (non-hydrogen) atoms. The highest BCUT2D eigenvalue weighted by atomic mass is 35.5. The molecule has 3 N–H and O–H groups in total. The van der Waals surface area contributed by atoms with Crippen LogP contribution in [0.3, 0.4) is 0 Å². The van der Waals surface area contributed by atoms with E-state index in [0.29, 0.717) is 17.0 Å². The van der Waals surface area contributed by atoms with Crippen molar-refractivity contribution < 1.29 is 28.6 Å². The summed E-state index contributed by atoms with van der Waals surface area (Å²) in [5, 5.41) is 3.16. The molecule has 4 heterocycles. The van der Waals surface area contributed by atoms with Gasteiger partial charge in [-0.25, -0.2) is 4.98 Å². The van der Waals surface area contributed by atoms with E-state index in [-0.39, 0.29) is 33.8 Å². The molecule has 1 aliphatic carbocycles. The number of anilines is 1. The lowest BCUT2D eigenvalue weighted by Crippen LogP contribution is -2.50. The van der Waals surface area contributed by atoms with Crippen LogP contribution in [0.15, 0.2) is 6.33 Å². The van der Waals surface area contributed by atoms with Gasteiger partial charge in [0.05, 0.1) is 6.33 Å². The Morgan fingerprint density at radius 2 is 1.67 bits per heavy atom. The van der Waals surface area contributed by atoms with Crippen molar-refractivity contribution in [3.05, 3.63) is 11.6 Å². The monoisotopic (exact) mass is 627 g/mol. The minimum atomic E-state index is -1.02. The van der Waals surface area contributed by atoms with Crippen molar-refractivity contribution in [3.8, 4) is 0 Å². The molecule has 1 saturated carbocycles. The molecule has 2 aromatic rings. The number of hydrogen-bond donors (Lipinski definition) is 3. The lowest BCUT2D eigenvalue weighted by atomic mass is 10.00. The first-order valence-electron chi connectivity index (χ1n) is 14.1. The third-order valence-corrected chi connectivity index (χ3v) is 7.86. The van der Waals surface area contributed by atoms with Gasteiger partial charge < -0.3 is 19.5 Å². The van der Waals surface area contributed by atoms with Gasteiger partial charge in [-0.2, -0.15) is 9.97 Å².